The van der Waals surface area contributed by atoms with Crippen LogP contribution in [0.2, 0.25) is 0 Å². The van der Waals surface area contributed by atoms with Gasteiger partial charge in [-0.15, -0.1) is 11.3 Å². The van der Waals surface area contributed by atoms with Crippen LogP contribution in [-0.2, 0) is 6.54 Å². The summed E-state index contributed by atoms with van der Waals surface area (Å²) in [6.45, 7) is 9.65. The minimum absolute atomic E-state index is 0.158. The van der Waals surface area contributed by atoms with Crippen molar-refractivity contribution in [2.45, 2.75) is 38.9 Å². The molecule has 1 aromatic carbocycles. The Kier molecular flexibility index (Phi) is 4.11. The molecular formula is C17H23N3S. The lowest BCUT2D eigenvalue weighted by atomic mass is 9.95. The summed E-state index contributed by atoms with van der Waals surface area (Å²) in [5.74, 6) is 0. The summed E-state index contributed by atoms with van der Waals surface area (Å²) < 4.78 is 0. The molecule has 21 heavy (non-hydrogen) atoms. The molecule has 4 heteroatoms. The van der Waals surface area contributed by atoms with Crippen LogP contribution in [0.1, 0.15) is 35.3 Å². The largest absolute Gasteiger partial charge is 0.309 e. The molecule has 2 aromatic rings. The summed E-state index contributed by atoms with van der Waals surface area (Å²) in [5.41, 5.74) is 1.55. The fourth-order valence-corrected chi connectivity index (χ4v) is 3.85. The van der Waals surface area contributed by atoms with Crippen LogP contribution in [0.25, 0.3) is 0 Å². The maximum atomic E-state index is 4.39. The third-order valence-corrected chi connectivity index (χ3v) is 4.92. The first kappa shape index (κ1) is 14.7. The SMILES string of the molecule is Cc1ncc(CN2CC(C)(C)NCC2c2ccccc2)s1. The van der Waals surface area contributed by atoms with E-state index in [1.807, 2.05) is 6.20 Å². The van der Waals surface area contributed by atoms with Gasteiger partial charge in [-0.2, -0.15) is 0 Å². The Hall–Kier alpha value is -1.23. The van der Waals surface area contributed by atoms with Crippen molar-refractivity contribution in [3.05, 3.63) is 52.0 Å². The predicted octanol–water partition coefficient (Wildman–Crippen LogP) is 3.38. The lowest BCUT2D eigenvalue weighted by molar-refractivity contribution is 0.0889. The Balaban J connectivity index is 1.83. The number of thiazole rings is 1. The Morgan fingerprint density at radius 2 is 2.10 bits per heavy atom. The molecule has 0 bridgehead atoms. The second-order valence-electron chi connectivity index (χ2n) is 6.44. The highest BCUT2D eigenvalue weighted by Gasteiger charge is 2.33. The standard InChI is InChI=1S/C17H23N3S/c1-13-18-9-15(21-13)11-20-12-17(2,3)19-10-16(20)14-7-5-4-6-8-14/h4-9,16,19H,10-12H2,1-3H3. The van der Waals surface area contributed by atoms with E-state index in [2.05, 4.69) is 66.3 Å². The summed E-state index contributed by atoms with van der Waals surface area (Å²) in [7, 11) is 0. The fourth-order valence-electron chi connectivity index (χ4n) is 3.02. The molecule has 1 aliphatic heterocycles. The average Bonchev–Trinajstić information content (AvgIpc) is 2.84. The number of aryl methyl sites for hydroxylation is 1. The van der Waals surface area contributed by atoms with Gasteiger partial charge in [-0.05, 0) is 26.3 Å². The van der Waals surface area contributed by atoms with Gasteiger partial charge in [0.25, 0.3) is 0 Å². The maximum absolute atomic E-state index is 4.39. The van der Waals surface area contributed by atoms with Crippen LogP contribution < -0.4 is 5.32 Å². The van der Waals surface area contributed by atoms with E-state index >= 15 is 0 Å². The Labute approximate surface area is 131 Å². The number of piperazine rings is 1. The molecular weight excluding hydrogens is 278 g/mol. The summed E-state index contributed by atoms with van der Waals surface area (Å²) in [6.07, 6.45) is 2.02. The van der Waals surface area contributed by atoms with Crippen molar-refractivity contribution in [2.75, 3.05) is 13.1 Å². The van der Waals surface area contributed by atoms with E-state index in [0.29, 0.717) is 6.04 Å². The highest BCUT2D eigenvalue weighted by Crippen LogP contribution is 2.29. The molecule has 3 rings (SSSR count). The van der Waals surface area contributed by atoms with Gasteiger partial charge in [0, 0.05) is 42.3 Å². The van der Waals surface area contributed by atoms with Gasteiger partial charge in [-0.3, -0.25) is 4.90 Å². The number of nitrogens with zero attached hydrogens (tertiary/aromatic N) is 2. The topological polar surface area (TPSA) is 28.2 Å². The van der Waals surface area contributed by atoms with Crippen molar-refractivity contribution in [3.8, 4) is 0 Å². The van der Waals surface area contributed by atoms with Crippen molar-refractivity contribution in [2.24, 2.45) is 0 Å². The summed E-state index contributed by atoms with van der Waals surface area (Å²) in [5, 5.41) is 4.82. The summed E-state index contributed by atoms with van der Waals surface area (Å²) in [4.78, 5) is 8.33. The van der Waals surface area contributed by atoms with Crippen LogP contribution in [0, 0.1) is 6.92 Å². The summed E-state index contributed by atoms with van der Waals surface area (Å²) >= 11 is 1.81. The minimum Gasteiger partial charge on any atom is -0.309 e. The first-order valence-electron chi connectivity index (χ1n) is 7.49. The number of rotatable bonds is 3. The van der Waals surface area contributed by atoms with Crippen LogP contribution in [0.4, 0.5) is 0 Å². The third kappa shape index (κ3) is 3.51. The first-order chi connectivity index (χ1) is 10.0. The molecule has 0 radical (unpaired) electrons. The van der Waals surface area contributed by atoms with Crippen LogP contribution in [0.3, 0.4) is 0 Å². The Morgan fingerprint density at radius 1 is 1.33 bits per heavy atom. The van der Waals surface area contributed by atoms with Crippen molar-refractivity contribution < 1.29 is 0 Å². The molecule has 0 spiro atoms. The number of aromatic nitrogens is 1. The van der Waals surface area contributed by atoms with Crippen molar-refractivity contribution in [3.63, 3.8) is 0 Å². The average molecular weight is 301 g/mol. The molecule has 1 aromatic heterocycles. The van der Waals surface area contributed by atoms with Gasteiger partial charge in [0.05, 0.1) is 5.01 Å². The molecule has 0 saturated carbocycles. The van der Waals surface area contributed by atoms with E-state index in [1.54, 1.807) is 11.3 Å². The first-order valence-corrected chi connectivity index (χ1v) is 8.30. The van der Waals surface area contributed by atoms with Crippen molar-refractivity contribution in [1.82, 2.24) is 15.2 Å². The van der Waals surface area contributed by atoms with E-state index in [0.717, 1.165) is 24.6 Å². The lowest BCUT2D eigenvalue weighted by Crippen LogP contribution is -2.57. The number of benzene rings is 1. The molecule has 1 unspecified atom stereocenters. The third-order valence-electron chi connectivity index (χ3n) is 4.03. The van der Waals surface area contributed by atoms with Crippen LogP contribution >= 0.6 is 11.3 Å². The zero-order valence-corrected chi connectivity index (χ0v) is 13.8. The van der Waals surface area contributed by atoms with Crippen molar-refractivity contribution >= 4 is 11.3 Å². The second kappa shape index (κ2) is 5.87. The number of hydrogen-bond acceptors (Lipinski definition) is 4. The molecule has 3 nitrogen and oxygen atoms in total. The minimum atomic E-state index is 0.158. The smallest absolute Gasteiger partial charge is 0.0897 e. The highest BCUT2D eigenvalue weighted by atomic mass is 32.1. The summed E-state index contributed by atoms with van der Waals surface area (Å²) in [6, 6.07) is 11.2. The van der Waals surface area contributed by atoms with Gasteiger partial charge >= 0.3 is 0 Å². The van der Waals surface area contributed by atoms with Crippen molar-refractivity contribution in [1.29, 1.82) is 0 Å². The van der Waals surface area contributed by atoms with Crippen LogP contribution in [-0.4, -0.2) is 28.5 Å². The van der Waals surface area contributed by atoms with E-state index in [1.165, 1.54) is 10.4 Å². The molecule has 2 heterocycles. The second-order valence-corrected chi connectivity index (χ2v) is 7.76. The molecule has 1 fully saturated rings. The molecule has 1 aliphatic rings. The van der Waals surface area contributed by atoms with E-state index in [9.17, 15) is 0 Å². The van der Waals surface area contributed by atoms with E-state index < -0.39 is 0 Å². The molecule has 0 aliphatic carbocycles. The Bertz CT molecular complexity index is 591. The molecule has 0 amide bonds. The Morgan fingerprint density at radius 3 is 2.76 bits per heavy atom. The quantitative estimate of drug-likeness (QED) is 0.942. The van der Waals surface area contributed by atoms with Gasteiger partial charge in [-0.1, -0.05) is 30.3 Å². The van der Waals surface area contributed by atoms with Gasteiger partial charge < -0.3 is 5.32 Å². The van der Waals surface area contributed by atoms with Gasteiger partial charge in [0.1, 0.15) is 0 Å². The maximum Gasteiger partial charge on any atom is 0.0897 e. The monoisotopic (exact) mass is 301 g/mol. The van der Waals surface area contributed by atoms with Gasteiger partial charge in [-0.25, -0.2) is 4.98 Å². The number of nitrogens with one attached hydrogen (secondary N) is 1. The molecule has 1 atom stereocenters. The van der Waals surface area contributed by atoms with E-state index in [4.69, 9.17) is 0 Å². The van der Waals surface area contributed by atoms with E-state index in [-0.39, 0.29) is 5.54 Å². The van der Waals surface area contributed by atoms with Gasteiger partial charge in [0.15, 0.2) is 0 Å². The lowest BCUT2D eigenvalue weighted by Gasteiger charge is -2.44. The normalized spacial score (nSPS) is 22.3. The van der Waals surface area contributed by atoms with Crippen LogP contribution in [0.5, 0.6) is 0 Å². The number of hydrogen-bond donors (Lipinski definition) is 1. The zero-order chi connectivity index (χ0) is 14.9. The molecule has 1 saturated heterocycles. The highest BCUT2D eigenvalue weighted by molar-refractivity contribution is 7.11. The molecule has 112 valence electrons. The van der Waals surface area contributed by atoms with Crippen LogP contribution in [0.15, 0.2) is 36.5 Å². The van der Waals surface area contributed by atoms with Gasteiger partial charge in [0.2, 0.25) is 0 Å². The molecule has 1 N–H and O–H groups in total. The zero-order valence-electron chi connectivity index (χ0n) is 13.0. The fraction of sp³-hybridized carbons (Fsp3) is 0.471. The predicted molar refractivity (Wildman–Crippen MR) is 88.5 cm³/mol.